The third-order valence-corrected chi connectivity index (χ3v) is 5.63. The fourth-order valence-electron chi connectivity index (χ4n) is 2.34. The summed E-state index contributed by atoms with van der Waals surface area (Å²) in [5, 5.41) is 2.67. The van der Waals surface area contributed by atoms with Crippen molar-refractivity contribution >= 4 is 21.6 Å². The summed E-state index contributed by atoms with van der Waals surface area (Å²) in [6, 6.07) is 15.3. The molecule has 0 saturated heterocycles. The number of hydrogen-bond donors (Lipinski definition) is 1. The maximum Gasteiger partial charge on any atom is 0.255 e. The van der Waals surface area contributed by atoms with Gasteiger partial charge in [-0.05, 0) is 18.2 Å². The van der Waals surface area contributed by atoms with Crippen molar-refractivity contribution < 1.29 is 13.2 Å². The van der Waals surface area contributed by atoms with E-state index in [0.29, 0.717) is 11.5 Å². The Morgan fingerprint density at radius 3 is 2.26 bits per heavy atom. The molecule has 1 amide bonds. The maximum atomic E-state index is 12.4. The molecule has 0 aliphatic carbocycles. The smallest absolute Gasteiger partial charge is 0.255 e. The lowest BCUT2D eigenvalue weighted by Crippen LogP contribution is -2.22. The van der Waals surface area contributed by atoms with Crippen LogP contribution in [0.4, 0.5) is 5.69 Å². The first kappa shape index (κ1) is 18.7. The number of carbonyl (C=O) groups excluding carboxylic acids is 1. The fraction of sp³-hybridized carbons (Fsp3) is 0.105. The largest absolute Gasteiger partial charge is 0.319 e. The van der Waals surface area contributed by atoms with Gasteiger partial charge in [0.05, 0.1) is 23.0 Å². The van der Waals surface area contributed by atoms with E-state index in [-0.39, 0.29) is 10.5 Å². The molecule has 7 nitrogen and oxygen atoms in total. The van der Waals surface area contributed by atoms with E-state index in [1.54, 1.807) is 6.07 Å². The number of hydrogen-bond acceptors (Lipinski definition) is 5. The van der Waals surface area contributed by atoms with E-state index in [1.165, 1.54) is 44.7 Å². The molecule has 0 aliphatic rings. The van der Waals surface area contributed by atoms with Crippen LogP contribution in [0, 0.1) is 0 Å². The molecule has 0 unspecified atom stereocenters. The zero-order valence-corrected chi connectivity index (χ0v) is 15.6. The summed E-state index contributed by atoms with van der Waals surface area (Å²) in [6.07, 6.45) is 3.02. The number of nitrogens with one attached hydrogen (secondary N) is 1. The summed E-state index contributed by atoms with van der Waals surface area (Å²) in [5.74, 6) is 0.106. The van der Waals surface area contributed by atoms with Gasteiger partial charge in [-0.15, -0.1) is 0 Å². The van der Waals surface area contributed by atoms with Gasteiger partial charge < -0.3 is 5.32 Å². The average molecular weight is 382 g/mol. The molecule has 138 valence electrons. The first-order valence-corrected chi connectivity index (χ1v) is 9.53. The molecule has 0 radical (unpaired) electrons. The molecule has 8 heteroatoms. The summed E-state index contributed by atoms with van der Waals surface area (Å²) in [5.41, 5.74) is 1.52. The molecule has 0 bridgehead atoms. The Morgan fingerprint density at radius 2 is 1.63 bits per heavy atom. The van der Waals surface area contributed by atoms with Crippen LogP contribution in [0.2, 0.25) is 0 Å². The van der Waals surface area contributed by atoms with Crippen LogP contribution in [-0.2, 0) is 10.0 Å². The van der Waals surface area contributed by atoms with Gasteiger partial charge in [0.1, 0.15) is 0 Å². The van der Waals surface area contributed by atoms with Crippen LogP contribution in [0.3, 0.4) is 0 Å². The Morgan fingerprint density at radius 1 is 0.963 bits per heavy atom. The second-order valence-electron chi connectivity index (χ2n) is 5.93. The average Bonchev–Trinajstić information content (AvgIpc) is 2.69. The molecule has 1 aromatic heterocycles. The Labute approximate surface area is 157 Å². The molecule has 0 saturated carbocycles. The predicted molar refractivity (Wildman–Crippen MR) is 103 cm³/mol. The quantitative estimate of drug-likeness (QED) is 0.732. The topological polar surface area (TPSA) is 92.3 Å². The van der Waals surface area contributed by atoms with Crippen LogP contribution in [0.5, 0.6) is 0 Å². The first-order chi connectivity index (χ1) is 12.9. The van der Waals surface area contributed by atoms with Crippen molar-refractivity contribution in [1.29, 1.82) is 0 Å². The predicted octanol–water partition coefficient (Wildman–Crippen LogP) is 2.65. The summed E-state index contributed by atoms with van der Waals surface area (Å²) in [7, 11) is -0.737. The van der Waals surface area contributed by atoms with E-state index >= 15 is 0 Å². The number of anilines is 1. The molecular weight excluding hydrogens is 364 g/mol. The summed E-state index contributed by atoms with van der Waals surface area (Å²) < 4.78 is 25.5. The van der Waals surface area contributed by atoms with Crippen LogP contribution in [0.15, 0.2) is 71.9 Å². The standard InChI is InChI=1S/C19H18N4O3S/c1-23(2)27(25,26)17-10-6-9-15(11-17)19(24)22-16-12-20-18(21-13-16)14-7-4-3-5-8-14/h3-13H,1-2H3,(H,22,24). The molecule has 0 fully saturated rings. The number of carbonyl (C=O) groups is 1. The third-order valence-electron chi connectivity index (χ3n) is 3.82. The van der Waals surface area contributed by atoms with E-state index in [0.717, 1.165) is 9.87 Å². The number of rotatable bonds is 5. The van der Waals surface area contributed by atoms with Gasteiger partial charge in [0.2, 0.25) is 10.0 Å². The number of aromatic nitrogens is 2. The Balaban J connectivity index is 1.78. The molecule has 0 spiro atoms. The first-order valence-electron chi connectivity index (χ1n) is 8.09. The minimum atomic E-state index is -3.61. The van der Waals surface area contributed by atoms with Crippen molar-refractivity contribution in [2.75, 3.05) is 19.4 Å². The zero-order chi connectivity index (χ0) is 19.4. The summed E-state index contributed by atoms with van der Waals surface area (Å²) in [6.45, 7) is 0. The van der Waals surface area contributed by atoms with Crippen molar-refractivity contribution in [2.45, 2.75) is 4.90 Å². The van der Waals surface area contributed by atoms with Crippen LogP contribution < -0.4 is 5.32 Å². The fourth-order valence-corrected chi connectivity index (χ4v) is 3.29. The second kappa shape index (κ2) is 7.65. The van der Waals surface area contributed by atoms with Gasteiger partial charge in [-0.1, -0.05) is 36.4 Å². The number of sulfonamides is 1. The van der Waals surface area contributed by atoms with E-state index in [1.807, 2.05) is 30.3 Å². The van der Waals surface area contributed by atoms with Crippen LogP contribution >= 0.6 is 0 Å². The highest BCUT2D eigenvalue weighted by Crippen LogP contribution is 2.17. The van der Waals surface area contributed by atoms with Gasteiger partial charge in [0.25, 0.3) is 5.91 Å². The number of benzene rings is 2. The van der Waals surface area contributed by atoms with Gasteiger partial charge >= 0.3 is 0 Å². The molecule has 2 aromatic carbocycles. The third kappa shape index (κ3) is 4.18. The minimum Gasteiger partial charge on any atom is -0.319 e. The Hall–Kier alpha value is -3.10. The molecule has 3 aromatic rings. The minimum absolute atomic E-state index is 0.0517. The molecule has 27 heavy (non-hydrogen) atoms. The second-order valence-corrected chi connectivity index (χ2v) is 8.08. The van der Waals surface area contributed by atoms with Gasteiger partial charge in [-0.2, -0.15) is 0 Å². The molecule has 1 N–H and O–H groups in total. The lowest BCUT2D eigenvalue weighted by molar-refractivity contribution is 0.102. The van der Waals surface area contributed by atoms with Gasteiger partial charge in [-0.3, -0.25) is 4.79 Å². The molecule has 1 heterocycles. The number of nitrogens with zero attached hydrogens (tertiary/aromatic N) is 3. The van der Waals surface area contributed by atoms with Crippen molar-refractivity contribution in [3.05, 3.63) is 72.6 Å². The lowest BCUT2D eigenvalue weighted by atomic mass is 10.2. The maximum absolute atomic E-state index is 12.4. The monoisotopic (exact) mass is 382 g/mol. The van der Waals surface area contributed by atoms with Crippen LogP contribution in [0.1, 0.15) is 10.4 Å². The Bertz CT molecular complexity index is 1050. The van der Waals surface area contributed by atoms with Crippen LogP contribution in [0.25, 0.3) is 11.4 Å². The highest BCUT2D eigenvalue weighted by molar-refractivity contribution is 7.89. The van der Waals surface area contributed by atoms with Gasteiger partial charge in [-0.25, -0.2) is 22.7 Å². The van der Waals surface area contributed by atoms with E-state index in [9.17, 15) is 13.2 Å². The summed E-state index contributed by atoms with van der Waals surface area (Å²) >= 11 is 0. The van der Waals surface area contributed by atoms with Gasteiger partial charge in [0, 0.05) is 25.2 Å². The van der Waals surface area contributed by atoms with Gasteiger partial charge in [0.15, 0.2) is 5.82 Å². The highest BCUT2D eigenvalue weighted by Gasteiger charge is 2.18. The van der Waals surface area contributed by atoms with Crippen LogP contribution in [-0.4, -0.2) is 42.7 Å². The van der Waals surface area contributed by atoms with Crippen molar-refractivity contribution in [2.24, 2.45) is 0 Å². The zero-order valence-electron chi connectivity index (χ0n) is 14.8. The molecule has 3 rings (SSSR count). The van der Waals surface area contributed by atoms with Crippen molar-refractivity contribution in [3.63, 3.8) is 0 Å². The highest BCUT2D eigenvalue weighted by atomic mass is 32.2. The number of amides is 1. The molecule has 0 atom stereocenters. The van der Waals surface area contributed by atoms with Crippen molar-refractivity contribution in [1.82, 2.24) is 14.3 Å². The lowest BCUT2D eigenvalue weighted by Gasteiger charge is -2.12. The van der Waals surface area contributed by atoms with E-state index < -0.39 is 15.9 Å². The molecule has 0 aliphatic heterocycles. The van der Waals surface area contributed by atoms with E-state index in [4.69, 9.17) is 0 Å². The van der Waals surface area contributed by atoms with Crippen molar-refractivity contribution in [3.8, 4) is 11.4 Å². The summed E-state index contributed by atoms with van der Waals surface area (Å²) in [4.78, 5) is 21.0. The molecular formula is C19H18N4O3S. The normalized spacial score (nSPS) is 11.4. The van der Waals surface area contributed by atoms with E-state index in [2.05, 4.69) is 15.3 Å². The SMILES string of the molecule is CN(C)S(=O)(=O)c1cccc(C(=O)Nc2cnc(-c3ccccc3)nc2)c1. The Kier molecular flexibility index (Phi) is 5.29.